The van der Waals surface area contributed by atoms with Crippen molar-refractivity contribution in [3.8, 4) is 5.75 Å². The van der Waals surface area contributed by atoms with E-state index in [1.165, 1.54) is 50.1 Å². The smallest absolute Gasteiger partial charge is 0.258 e. The lowest BCUT2D eigenvalue weighted by atomic mass is 9.99. The van der Waals surface area contributed by atoms with E-state index >= 15 is 0 Å². The fraction of sp³-hybridized carbons (Fsp3) is 0.500. The third-order valence-corrected chi connectivity index (χ3v) is 7.58. The molecule has 4 heterocycles. The van der Waals surface area contributed by atoms with Gasteiger partial charge in [0, 0.05) is 36.1 Å². The summed E-state index contributed by atoms with van der Waals surface area (Å²) < 4.78 is 20.5. The summed E-state index contributed by atoms with van der Waals surface area (Å²) >= 11 is 5.91. The van der Waals surface area contributed by atoms with Crippen molar-refractivity contribution >= 4 is 29.4 Å². The van der Waals surface area contributed by atoms with Gasteiger partial charge in [0.15, 0.2) is 0 Å². The number of carbonyl (C=O) groups excluding carboxylic acids is 1. The zero-order valence-corrected chi connectivity index (χ0v) is 20.7. The molecule has 1 aromatic carbocycles. The molecule has 0 radical (unpaired) electrons. The van der Waals surface area contributed by atoms with Gasteiger partial charge in [-0.25, -0.2) is 9.38 Å². The van der Waals surface area contributed by atoms with Gasteiger partial charge in [0.2, 0.25) is 0 Å². The van der Waals surface area contributed by atoms with Gasteiger partial charge in [-0.1, -0.05) is 24.9 Å². The molecular formula is C26H31ClFN5O2. The zero-order chi connectivity index (χ0) is 24.5. The summed E-state index contributed by atoms with van der Waals surface area (Å²) in [7, 11) is 0. The summed E-state index contributed by atoms with van der Waals surface area (Å²) in [6.07, 6.45) is 9.60. The first-order valence-electron chi connectivity index (χ1n) is 12.4. The Hall–Kier alpha value is -2.71. The van der Waals surface area contributed by atoms with Gasteiger partial charge in [-0.15, -0.1) is 0 Å². The molecule has 2 bridgehead atoms. The van der Waals surface area contributed by atoms with Crippen LogP contribution in [0, 0.1) is 11.2 Å². The first-order valence-corrected chi connectivity index (χ1v) is 12.8. The van der Waals surface area contributed by atoms with Crippen molar-refractivity contribution in [3.63, 3.8) is 0 Å². The molecule has 4 aliphatic heterocycles. The highest BCUT2D eigenvalue weighted by molar-refractivity contribution is 6.39. The third-order valence-electron chi connectivity index (χ3n) is 7.38. The molecule has 0 aliphatic carbocycles. The first kappa shape index (κ1) is 24.0. The van der Waals surface area contributed by atoms with Crippen LogP contribution in [-0.2, 0) is 0 Å². The van der Waals surface area contributed by atoms with Gasteiger partial charge >= 0.3 is 0 Å². The van der Waals surface area contributed by atoms with Crippen LogP contribution in [0.1, 0.15) is 55.8 Å². The molecule has 3 saturated heterocycles. The van der Waals surface area contributed by atoms with Crippen LogP contribution in [-0.4, -0.2) is 65.5 Å². The van der Waals surface area contributed by atoms with Gasteiger partial charge in [-0.05, 0) is 50.8 Å². The highest BCUT2D eigenvalue weighted by Crippen LogP contribution is 2.38. The molecule has 0 saturated carbocycles. The number of hydrogen-bond acceptors (Lipinski definition) is 6. The van der Waals surface area contributed by atoms with Gasteiger partial charge in [-0.2, -0.15) is 0 Å². The second-order valence-corrected chi connectivity index (χ2v) is 10.2. The van der Waals surface area contributed by atoms with Crippen molar-refractivity contribution in [2.24, 2.45) is 4.99 Å². The maximum Gasteiger partial charge on any atom is 0.258 e. The Balaban J connectivity index is 1.31. The molecule has 1 amide bonds. The van der Waals surface area contributed by atoms with Crippen LogP contribution < -0.4 is 10.1 Å². The number of amides is 1. The molecule has 4 aliphatic rings. The molecule has 2 N–H and O–H groups in total. The summed E-state index contributed by atoms with van der Waals surface area (Å²) in [5.41, 5.74) is 1.27. The van der Waals surface area contributed by atoms with Crippen molar-refractivity contribution in [2.75, 3.05) is 19.6 Å². The van der Waals surface area contributed by atoms with Crippen molar-refractivity contribution in [1.29, 1.82) is 5.41 Å². The average molecular weight is 500 g/mol. The quantitative estimate of drug-likeness (QED) is 0.606. The van der Waals surface area contributed by atoms with Crippen LogP contribution in [0.5, 0.6) is 5.75 Å². The van der Waals surface area contributed by atoms with E-state index in [0.717, 1.165) is 19.4 Å². The SMILES string of the molecule is CCCCN1[C@@H]2CC[C@H]1C[C@@H](Oc1cc(F)ccc1C(=O)N1CC(=N)/C(=C3/N=CC(Cl)=CN3)C1)C2. The van der Waals surface area contributed by atoms with Crippen LogP contribution in [0.25, 0.3) is 0 Å². The summed E-state index contributed by atoms with van der Waals surface area (Å²) in [5, 5.41) is 11.8. The number of nitrogens with one attached hydrogen (secondary N) is 2. The Morgan fingerprint density at radius 2 is 2.06 bits per heavy atom. The topological polar surface area (TPSA) is 81.0 Å². The molecule has 35 heavy (non-hydrogen) atoms. The first-order chi connectivity index (χ1) is 16.9. The minimum absolute atomic E-state index is 0.0365. The predicted octanol–water partition coefficient (Wildman–Crippen LogP) is 4.44. The van der Waals surface area contributed by atoms with E-state index in [4.69, 9.17) is 21.7 Å². The van der Waals surface area contributed by atoms with E-state index in [1.807, 2.05) is 0 Å². The number of carbonyl (C=O) groups is 1. The molecule has 3 atom stereocenters. The number of benzene rings is 1. The summed E-state index contributed by atoms with van der Waals surface area (Å²) in [6, 6.07) is 5.10. The summed E-state index contributed by atoms with van der Waals surface area (Å²) in [5.74, 6) is 0.0894. The van der Waals surface area contributed by atoms with Crippen LogP contribution in [0.2, 0.25) is 0 Å². The van der Waals surface area contributed by atoms with Crippen molar-refractivity contribution < 1.29 is 13.9 Å². The number of hydrogen-bond donors (Lipinski definition) is 2. The van der Waals surface area contributed by atoms with E-state index < -0.39 is 5.82 Å². The maximum absolute atomic E-state index is 14.2. The van der Waals surface area contributed by atoms with E-state index in [-0.39, 0.29) is 30.9 Å². The van der Waals surface area contributed by atoms with Crippen LogP contribution in [0.15, 0.2) is 45.8 Å². The number of halogens is 2. The lowest BCUT2D eigenvalue weighted by Crippen LogP contribution is -2.46. The number of aliphatic imine (C=N–C) groups is 1. The number of unbranched alkanes of at least 4 members (excludes halogenated alkanes) is 1. The molecular weight excluding hydrogens is 469 g/mol. The lowest BCUT2D eigenvalue weighted by Gasteiger charge is -2.39. The molecule has 3 fully saturated rings. The second-order valence-electron chi connectivity index (χ2n) is 9.73. The lowest BCUT2D eigenvalue weighted by molar-refractivity contribution is 0.0474. The Morgan fingerprint density at radius 1 is 1.29 bits per heavy atom. The summed E-state index contributed by atoms with van der Waals surface area (Å²) in [6.45, 7) is 3.73. The standard InChI is InChI=1S/C26H31ClFN5O2/c1-2-3-8-33-18-5-6-19(33)11-20(10-18)35-24-9-17(28)4-7-21(24)26(34)32-14-22(23(29)15-32)25-30-12-16(27)13-31-25/h4,7,9,12-13,18-20,29-30H,2-3,5-6,8,10-11,14-15H2,1H3/b25-22+,29-23?/t18-,19+,20+. The average Bonchev–Trinajstić information content (AvgIpc) is 3.34. The number of fused-ring (bicyclic) bond motifs is 2. The minimum Gasteiger partial charge on any atom is -0.489 e. The fourth-order valence-electron chi connectivity index (χ4n) is 5.64. The van der Waals surface area contributed by atoms with E-state index in [1.54, 1.807) is 11.1 Å². The Morgan fingerprint density at radius 3 is 2.74 bits per heavy atom. The third kappa shape index (κ3) is 5.00. The maximum atomic E-state index is 14.2. The number of ether oxygens (including phenoxy) is 1. The van der Waals surface area contributed by atoms with Gasteiger partial charge < -0.3 is 20.4 Å². The minimum atomic E-state index is -0.429. The van der Waals surface area contributed by atoms with Gasteiger partial charge in [-0.3, -0.25) is 9.69 Å². The van der Waals surface area contributed by atoms with Crippen molar-refractivity contribution in [3.05, 3.63) is 52.2 Å². The number of piperidine rings is 1. The molecule has 0 unspecified atom stereocenters. The summed E-state index contributed by atoms with van der Waals surface area (Å²) in [4.78, 5) is 21.9. The van der Waals surface area contributed by atoms with Crippen molar-refractivity contribution in [2.45, 2.75) is 63.6 Å². The molecule has 0 aromatic heterocycles. The van der Waals surface area contributed by atoms with Gasteiger partial charge in [0.05, 0.1) is 29.4 Å². The number of nitrogens with zero attached hydrogens (tertiary/aromatic N) is 3. The molecule has 9 heteroatoms. The van der Waals surface area contributed by atoms with Crippen LogP contribution >= 0.6 is 11.6 Å². The van der Waals surface area contributed by atoms with E-state index in [9.17, 15) is 9.18 Å². The van der Waals surface area contributed by atoms with Gasteiger partial charge in [0.25, 0.3) is 5.91 Å². The molecule has 5 rings (SSSR count). The Bertz CT molecular complexity index is 1100. The Labute approximate surface area is 210 Å². The molecule has 1 aromatic rings. The predicted molar refractivity (Wildman–Crippen MR) is 135 cm³/mol. The highest BCUT2D eigenvalue weighted by Gasteiger charge is 2.41. The molecule has 0 spiro atoms. The van der Waals surface area contributed by atoms with Crippen LogP contribution in [0.3, 0.4) is 0 Å². The van der Waals surface area contributed by atoms with Crippen LogP contribution in [0.4, 0.5) is 4.39 Å². The van der Waals surface area contributed by atoms with E-state index in [2.05, 4.69) is 22.1 Å². The largest absolute Gasteiger partial charge is 0.489 e. The number of rotatable bonds is 6. The number of likely N-dealkylation sites (tertiary alicyclic amines) is 1. The fourth-order valence-corrected chi connectivity index (χ4v) is 5.74. The molecule has 7 nitrogen and oxygen atoms in total. The normalized spacial score (nSPS) is 28.3. The highest BCUT2D eigenvalue weighted by atomic mass is 35.5. The number of allylic oxidation sites excluding steroid dienone is 1. The molecule has 186 valence electrons. The monoisotopic (exact) mass is 499 g/mol. The van der Waals surface area contributed by atoms with Gasteiger partial charge in [0.1, 0.15) is 23.5 Å². The van der Waals surface area contributed by atoms with Crippen molar-refractivity contribution in [1.82, 2.24) is 15.1 Å². The second kappa shape index (κ2) is 10.1. The Kier molecular flexibility index (Phi) is 6.93. The van der Waals surface area contributed by atoms with E-state index in [0.29, 0.717) is 39.8 Å². The zero-order valence-electron chi connectivity index (χ0n) is 19.9.